The van der Waals surface area contributed by atoms with Crippen LogP contribution in [0.5, 0.6) is 0 Å². The number of halogens is 2. The SMILES string of the molecule is CCN(CC)P(=O)(c1ccccc1-c1cc(Cl)cc(Br)c1)N(CC)CC. The zero-order valence-corrected chi connectivity index (χ0v) is 19.1. The fourth-order valence-electron chi connectivity index (χ4n) is 3.38. The number of hydrogen-bond acceptors (Lipinski definition) is 1. The van der Waals surface area contributed by atoms with Crippen LogP contribution in [0.25, 0.3) is 11.1 Å². The Hall–Kier alpha value is -0.640. The molecule has 0 bridgehead atoms. The molecular weight excluding hydrogens is 431 g/mol. The molecule has 0 heterocycles. The van der Waals surface area contributed by atoms with E-state index in [0.29, 0.717) is 5.02 Å². The molecular formula is C20H27BrClN2OP. The standard InChI is InChI=1S/C20H27BrClN2OP/c1-5-23(6-2)26(25,24(7-3)8-4)20-12-10-9-11-19(20)16-13-17(21)15-18(22)14-16/h9-15H,5-8H2,1-4H3. The second-order valence-electron chi connectivity index (χ2n) is 6.00. The summed E-state index contributed by atoms with van der Waals surface area (Å²) in [6, 6.07) is 13.8. The van der Waals surface area contributed by atoms with Crippen LogP contribution in [0.15, 0.2) is 46.9 Å². The molecule has 0 amide bonds. The third kappa shape index (κ3) is 4.26. The van der Waals surface area contributed by atoms with Gasteiger partial charge in [-0.2, -0.15) is 0 Å². The van der Waals surface area contributed by atoms with E-state index in [1.54, 1.807) is 0 Å². The van der Waals surface area contributed by atoms with Crippen LogP contribution >= 0.6 is 35.0 Å². The summed E-state index contributed by atoms with van der Waals surface area (Å²) in [7, 11) is -2.92. The Morgan fingerprint density at radius 3 is 1.96 bits per heavy atom. The second-order valence-corrected chi connectivity index (χ2v) is 10.1. The highest BCUT2D eigenvalue weighted by atomic mass is 79.9. The zero-order valence-electron chi connectivity index (χ0n) is 15.9. The Labute approximate surface area is 171 Å². The van der Waals surface area contributed by atoms with E-state index in [4.69, 9.17) is 11.6 Å². The van der Waals surface area contributed by atoms with Crippen LogP contribution in [0, 0.1) is 0 Å². The smallest absolute Gasteiger partial charge is 0.246 e. The first-order valence-corrected chi connectivity index (χ1v) is 11.9. The molecule has 0 aliphatic carbocycles. The normalized spacial score (nSPS) is 12.2. The highest BCUT2D eigenvalue weighted by molar-refractivity contribution is 9.10. The molecule has 0 saturated carbocycles. The fraction of sp³-hybridized carbons (Fsp3) is 0.400. The lowest BCUT2D eigenvalue weighted by molar-refractivity contribution is 0.369. The molecule has 0 saturated heterocycles. The highest BCUT2D eigenvalue weighted by Crippen LogP contribution is 2.53. The third-order valence-corrected chi connectivity index (χ3v) is 8.98. The maximum atomic E-state index is 14.5. The van der Waals surface area contributed by atoms with Gasteiger partial charge in [-0.25, -0.2) is 9.34 Å². The van der Waals surface area contributed by atoms with Gasteiger partial charge < -0.3 is 0 Å². The largest absolute Gasteiger partial charge is 0.283 e. The van der Waals surface area contributed by atoms with Gasteiger partial charge in [-0.15, -0.1) is 0 Å². The Bertz CT molecular complexity index is 755. The molecule has 0 unspecified atom stereocenters. The van der Waals surface area contributed by atoms with Gasteiger partial charge in [0.15, 0.2) is 0 Å². The predicted octanol–water partition coefficient (Wildman–Crippen LogP) is 6.27. The minimum Gasteiger partial charge on any atom is -0.283 e. The van der Waals surface area contributed by atoms with Crippen molar-refractivity contribution >= 4 is 40.3 Å². The van der Waals surface area contributed by atoms with Crippen molar-refractivity contribution in [1.29, 1.82) is 0 Å². The number of rotatable bonds is 8. The van der Waals surface area contributed by atoms with Crippen LogP contribution in [0.3, 0.4) is 0 Å². The van der Waals surface area contributed by atoms with Crippen molar-refractivity contribution in [3.8, 4) is 11.1 Å². The van der Waals surface area contributed by atoms with Gasteiger partial charge in [0.2, 0.25) is 7.44 Å². The lowest BCUT2D eigenvalue weighted by Crippen LogP contribution is -2.37. The number of benzene rings is 2. The van der Waals surface area contributed by atoms with Crippen LogP contribution in [0.4, 0.5) is 0 Å². The van der Waals surface area contributed by atoms with E-state index in [1.807, 2.05) is 42.5 Å². The monoisotopic (exact) mass is 456 g/mol. The zero-order chi connectivity index (χ0) is 19.3. The van der Waals surface area contributed by atoms with E-state index < -0.39 is 7.44 Å². The summed E-state index contributed by atoms with van der Waals surface area (Å²) in [5.41, 5.74) is 1.94. The van der Waals surface area contributed by atoms with Gasteiger partial charge in [0.05, 0.1) is 0 Å². The van der Waals surface area contributed by atoms with Gasteiger partial charge in [0.1, 0.15) is 0 Å². The Morgan fingerprint density at radius 1 is 0.923 bits per heavy atom. The minimum atomic E-state index is -2.92. The maximum Gasteiger partial charge on any atom is 0.246 e. The van der Waals surface area contributed by atoms with Crippen LogP contribution in [0.2, 0.25) is 5.02 Å². The molecule has 0 aromatic heterocycles. The third-order valence-electron chi connectivity index (χ3n) is 4.62. The summed E-state index contributed by atoms with van der Waals surface area (Å²) >= 11 is 9.80. The molecule has 142 valence electrons. The first-order valence-electron chi connectivity index (χ1n) is 9.09. The highest BCUT2D eigenvalue weighted by Gasteiger charge is 2.37. The predicted molar refractivity (Wildman–Crippen MR) is 118 cm³/mol. The van der Waals surface area contributed by atoms with Crippen molar-refractivity contribution in [2.24, 2.45) is 0 Å². The number of nitrogens with zero attached hydrogens (tertiary/aromatic N) is 2. The van der Waals surface area contributed by atoms with Crippen molar-refractivity contribution in [3.63, 3.8) is 0 Å². The van der Waals surface area contributed by atoms with E-state index in [-0.39, 0.29) is 0 Å². The summed E-state index contributed by atoms with van der Waals surface area (Å²) in [4.78, 5) is 0. The van der Waals surface area contributed by atoms with Gasteiger partial charge in [0.25, 0.3) is 0 Å². The van der Waals surface area contributed by atoms with E-state index in [9.17, 15) is 4.57 Å². The van der Waals surface area contributed by atoms with Crippen LogP contribution in [-0.2, 0) is 4.57 Å². The van der Waals surface area contributed by atoms with E-state index in [2.05, 4.69) is 53.0 Å². The fourth-order valence-corrected chi connectivity index (χ4v) is 7.54. The molecule has 0 fully saturated rings. The summed E-state index contributed by atoms with van der Waals surface area (Å²) in [6.45, 7) is 11.2. The minimum absolute atomic E-state index is 0.657. The van der Waals surface area contributed by atoms with Gasteiger partial charge >= 0.3 is 0 Å². The number of hydrogen-bond donors (Lipinski definition) is 0. The van der Waals surface area contributed by atoms with Crippen molar-refractivity contribution in [1.82, 2.24) is 9.34 Å². The summed E-state index contributed by atoms with van der Waals surface area (Å²) < 4.78 is 19.6. The van der Waals surface area contributed by atoms with Crippen LogP contribution < -0.4 is 5.30 Å². The summed E-state index contributed by atoms with van der Waals surface area (Å²) in [5.74, 6) is 0. The van der Waals surface area contributed by atoms with Crippen molar-refractivity contribution < 1.29 is 4.57 Å². The molecule has 0 atom stereocenters. The first-order chi connectivity index (χ1) is 12.4. The van der Waals surface area contributed by atoms with E-state index >= 15 is 0 Å². The molecule has 3 nitrogen and oxygen atoms in total. The van der Waals surface area contributed by atoms with Crippen molar-refractivity contribution in [2.75, 3.05) is 26.2 Å². The average Bonchev–Trinajstić information content (AvgIpc) is 2.63. The van der Waals surface area contributed by atoms with Crippen molar-refractivity contribution in [3.05, 3.63) is 52.0 Å². The molecule has 0 radical (unpaired) electrons. The second kappa shape index (κ2) is 9.52. The van der Waals surface area contributed by atoms with Crippen molar-refractivity contribution in [2.45, 2.75) is 27.7 Å². The lowest BCUT2D eigenvalue weighted by atomic mass is 10.1. The lowest BCUT2D eigenvalue weighted by Gasteiger charge is -2.38. The summed E-state index contributed by atoms with van der Waals surface area (Å²) in [5, 5.41) is 1.53. The Morgan fingerprint density at radius 2 is 1.46 bits per heavy atom. The average molecular weight is 458 g/mol. The molecule has 2 aromatic carbocycles. The molecule has 26 heavy (non-hydrogen) atoms. The van der Waals surface area contributed by atoms with Crippen LogP contribution in [-0.4, -0.2) is 35.5 Å². The topological polar surface area (TPSA) is 23.6 Å². The van der Waals surface area contributed by atoms with Gasteiger partial charge in [-0.05, 0) is 35.4 Å². The molecule has 0 aliphatic heterocycles. The van der Waals surface area contributed by atoms with Gasteiger partial charge in [-0.1, -0.05) is 73.4 Å². The Balaban J connectivity index is 2.76. The molecule has 2 aromatic rings. The molecule has 6 heteroatoms. The van der Waals surface area contributed by atoms with E-state index in [1.165, 1.54) is 0 Å². The molecule has 0 N–H and O–H groups in total. The Kier molecular flexibility index (Phi) is 7.93. The van der Waals surface area contributed by atoms with Crippen LogP contribution in [0.1, 0.15) is 27.7 Å². The van der Waals surface area contributed by atoms with Gasteiger partial charge in [-0.3, -0.25) is 4.57 Å². The molecule has 2 rings (SSSR count). The van der Waals surface area contributed by atoms with Gasteiger partial charge in [0, 0.05) is 41.0 Å². The first kappa shape index (κ1) is 21.7. The molecule has 0 aliphatic rings. The summed E-state index contributed by atoms with van der Waals surface area (Å²) in [6.07, 6.45) is 0. The quantitative estimate of drug-likeness (QED) is 0.436. The maximum absolute atomic E-state index is 14.5. The van der Waals surface area contributed by atoms with E-state index in [0.717, 1.165) is 47.1 Å². The molecule has 0 spiro atoms.